The van der Waals surface area contributed by atoms with E-state index in [9.17, 15) is 13.2 Å². The first kappa shape index (κ1) is 15.0. The molecular weight excluding hydrogens is 278 g/mol. The van der Waals surface area contributed by atoms with Gasteiger partial charge in [-0.3, -0.25) is 4.79 Å². The first-order valence-corrected chi connectivity index (χ1v) is 8.40. The molecule has 2 atom stereocenters. The van der Waals surface area contributed by atoms with Gasteiger partial charge in [-0.1, -0.05) is 43.2 Å². The van der Waals surface area contributed by atoms with Gasteiger partial charge in [-0.25, -0.2) is 13.1 Å². The normalized spacial score (nSPS) is 23.4. The number of rotatable bonds is 5. The van der Waals surface area contributed by atoms with E-state index in [-0.39, 0.29) is 5.75 Å². The van der Waals surface area contributed by atoms with E-state index in [0.717, 1.165) is 12.8 Å². The number of aliphatic carboxylic acids is 1. The second-order valence-corrected chi connectivity index (χ2v) is 6.95. The Morgan fingerprint density at radius 2 is 1.85 bits per heavy atom. The average molecular weight is 297 g/mol. The number of sulfonamides is 1. The van der Waals surface area contributed by atoms with E-state index in [1.807, 2.05) is 6.07 Å². The zero-order chi connectivity index (χ0) is 14.6. The van der Waals surface area contributed by atoms with Crippen molar-refractivity contribution in [3.63, 3.8) is 0 Å². The van der Waals surface area contributed by atoms with E-state index < -0.39 is 28.0 Å². The molecule has 1 fully saturated rings. The first-order valence-electron chi connectivity index (χ1n) is 6.75. The Hall–Kier alpha value is -1.40. The van der Waals surface area contributed by atoms with Gasteiger partial charge in [0.05, 0.1) is 11.7 Å². The molecular formula is C14H19NO4S. The van der Waals surface area contributed by atoms with E-state index in [2.05, 4.69) is 4.72 Å². The van der Waals surface area contributed by atoms with Gasteiger partial charge in [-0.05, 0) is 18.4 Å². The highest BCUT2D eigenvalue weighted by molar-refractivity contribution is 7.88. The smallest absolute Gasteiger partial charge is 0.308 e. The molecule has 0 spiro atoms. The summed E-state index contributed by atoms with van der Waals surface area (Å²) in [6.07, 6.45) is 2.83. The summed E-state index contributed by atoms with van der Waals surface area (Å²) in [5, 5.41) is 9.16. The molecule has 0 aliphatic heterocycles. The van der Waals surface area contributed by atoms with Gasteiger partial charge >= 0.3 is 5.97 Å². The van der Waals surface area contributed by atoms with Crippen LogP contribution in [0.2, 0.25) is 0 Å². The Morgan fingerprint density at radius 1 is 1.20 bits per heavy atom. The molecule has 2 N–H and O–H groups in total. The van der Waals surface area contributed by atoms with Crippen molar-refractivity contribution in [3.05, 3.63) is 35.9 Å². The van der Waals surface area contributed by atoms with Crippen molar-refractivity contribution in [1.29, 1.82) is 0 Å². The molecule has 0 bridgehead atoms. The maximum atomic E-state index is 12.1. The fraction of sp³-hybridized carbons (Fsp3) is 0.500. The Labute approximate surface area is 119 Å². The van der Waals surface area contributed by atoms with Crippen LogP contribution < -0.4 is 4.72 Å². The van der Waals surface area contributed by atoms with Gasteiger partial charge in [-0.15, -0.1) is 0 Å². The monoisotopic (exact) mass is 297 g/mol. The lowest BCUT2D eigenvalue weighted by atomic mass is 9.85. The first-order chi connectivity index (χ1) is 9.48. The van der Waals surface area contributed by atoms with Gasteiger partial charge in [0.25, 0.3) is 0 Å². The molecule has 20 heavy (non-hydrogen) atoms. The summed E-state index contributed by atoms with van der Waals surface area (Å²) in [4.78, 5) is 11.2. The van der Waals surface area contributed by atoms with Gasteiger partial charge in [0.15, 0.2) is 0 Å². The maximum Gasteiger partial charge on any atom is 0.308 e. The fourth-order valence-electron chi connectivity index (χ4n) is 2.63. The summed E-state index contributed by atoms with van der Waals surface area (Å²) in [5.41, 5.74) is 0.697. The minimum Gasteiger partial charge on any atom is -0.481 e. The second kappa shape index (κ2) is 6.37. The van der Waals surface area contributed by atoms with Crippen molar-refractivity contribution in [2.24, 2.45) is 5.92 Å². The molecule has 0 unspecified atom stereocenters. The molecule has 110 valence electrons. The topological polar surface area (TPSA) is 83.5 Å². The standard InChI is InChI=1S/C14H19NO4S/c16-14(17)12-8-4-5-9-13(12)15-20(18,19)10-11-6-2-1-3-7-11/h1-3,6-7,12-13,15H,4-5,8-10H2,(H,16,17)/t12-,13+/m1/s1. The molecule has 6 heteroatoms. The predicted octanol–water partition coefficient (Wildman–Crippen LogP) is 1.75. The summed E-state index contributed by atoms with van der Waals surface area (Å²) in [6, 6.07) is 8.39. The Morgan fingerprint density at radius 3 is 2.50 bits per heavy atom. The van der Waals surface area contributed by atoms with Crippen molar-refractivity contribution < 1.29 is 18.3 Å². The number of nitrogens with one attached hydrogen (secondary N) is 1. The van der Waals surface area contributed by atoms with Crippen LogP contribution in [0.4, 0.5) is 0 Å². The molecule has 0 aromatic heterocycles. The largest absolute Gasteiger partial charge is 0.481 e. The number of hydrogen-bond donors (Lipinski definition) is 2. The summed E-state index contributed by atoms with van der Waals surface area (Å²) in [7, 11) is -3.51. The molecule has 1 aliphatic rings. The molecule has 2 rings (SSSR count). The minimum atomic E-state index is -3.51. The van der Waals surface area contributed by atoms with E-state index >= 15 is 0 Å². The third-order valence-corrected chi connectivity index (χ3v) is 4.99. The molecule has 0 saturated heterocycles. The van der Waals surface area contributed by atoms with Gasteiger partial charge in [0.2, 0.25) is 10.0 Å². The van der Waals surface area contributed by atoms with E-state index in [0.29, 0.717) is 18.4 Å². The molecule has 1 aromatic rings. The lowest BCUT2D eigenvalue weighted by Gasteiger charge is -2.29. The van der Waals surface area contributed by atoms with Crippen LogP contribution in [0.1, 0.15) is 31.2 Å². The van der Waals surface area contributed by atoms with Crippen molar-refractivity contribution in [2.45, 2.75) is 37.5 Å². The molecule has 1 aromatic carbocycles. The van der Waals surface area contributed by atoms with Crippen LogP contribution in [0.5, 0.6) is 0 Å². The van der Waals surface area contributed by atoms with Crippen LogP contribution in [0.3, 0.4) is 0 Å². The van der Waals surface area contributed by atoms with Gasteiger partial charge in [-0.2, -0.15) is 0 Å². The Kier molecular flexibility index (Phi) is 4.77. The van der Waals surface area contributed by atoms with Gasteiger partial charge < -0.3 is 5.11 Å². The number of carbonyl (C=O) groups is 1. The molecule has 0 amide bonds. The van der Waals surface area contributed by atoms with Crippen molar-refractivity contribution in [2.75, 3.05) is 0 Å². The Balaban J connectivity index is 2.05. The summed E-state index contributed by atoms with van der Waals surface area (Å²) >= 11 is 0. The van der Waals surface area contributed by atoms with Crippen LogP contribution in [0.25, 0.3) is 0 Å². The van der Waals surface area contributed by atoms with Crippen molar-refractivity contribution >= 4 is 16.0 Å². The average Bonchev–Trinajstić information content (AvgIpc) is 2.39. The zero-order valence-electron chi connectivity index (χ0n) is 11.2. The Bertz CT molecular complexity index is 556. The molecule has 1 aliphatic carbocycles. The summed E-state index contributed by atoms with van der Waals surface area (Å²) < 4.78 is 26.8. The third kappa shape index (κ3) is 4.05. The van der Waals surface area contributed by atoms with Crippen molar-refractivity contribution in [3.8, 4) is 0 Å². The summed E-state index contributed by atoms with van der Waals surface area (Å²) in [6.45, 7) is 0. The highest BCUT2D eigenvalue weighted by atomic mass is 32.2. The molecule has 0 radical (unpaired) electrons. The molecule has 0 heterocycles. The second-order valence-electron chi connectivity index (χ2n) is 5.20. The van der Waals surface area contributed by atoms with E-state index in [4.69, 9.17) is 5.11 Å². The zero-order valence-corrected chi connectivity index (χ0v) is 12.0. The fourth-order valence-corrected chi connectivity index (χ4v) is 4.09. The van der Waals surface area contributed by atoms with Crippen LogP contribution in [0.15, 0.2) is 30.3 Å². The predicted molar refractivity (Wildman–Crippen MR) is 75.6 cm³/mol. The SMILES string of the molecule is O=C(O)[C@@H]1CCCC[C@@H]1NS(=O)(=O)Cc1ccccc1. The van der Waals surface area contributed by atoms with Gasteiger partial charge in [0, 0.05) is 6.04 Å². The molecule has 5 nitrogen and oxygen atoms in total. The number of carboxylic acids is 1. The lowest BCUT2D eigenvalue weighted by Crippen LogP contribution is -2.45. The van der Waals surface area contributed by atoms with E-state index in [1.165, 1.54) is 0 Å². The van der Waals surface area contributed by atoms with Crippen LogP contribution in [0, 0.1) is 5.92 Å². The number of carboxylic acid groups (broad SMARTS) is 1. The van der Waals surface area contributed by atoms with Crippen LogP contribution in [-0.2, 0) is 20.6 Å². The third-order valence-electron chi connectivity index (χ3n) is 3.61. The number of benzene rings is 1. The molecule has 1 saturated carbocycles. The highest BCUT2D eigenvalue weighted by Gasteiger charge is 2.33. The van der Waals surface area contributed by atoms with Gasteiger partial charge in [0.1, 0.15) is 0 Å². The van der Waals surface area contributed by atoms with Crippen LogP contribution in [-0.4, -0.2) is 25.5 Å². The van der Waals surface area contributed by atoms with E-state index in [1.54, 1.807) is 24.3 Å². The van der Waals surface area contributed by atoms with Crippen LogP contribution >= 0.6 is 0 Å². The minimum absolute atomic E-state index is 0.114. The quantitative estimate of drug-likeness (QED) is 0.867. The lowest BCUT2D eigenvalue weighted by molar-refractivity contribution is -0.143. The summed E-state index contributed by atoms with van der Waals surface area (Å²) in [5.74, 6) is -1.65. The number of hydrogen-bond acceptors (Lipinski definition) is 3. The van der Waals surface area contributed by atoms with Crippen molar-refractivity contribution in [1.82, 2.24) is 4.72 Å². The maximum absolute atomic E-state index is 12.1. The highest BCUT2D eigenvalue weighted by Crippen LogP contribution is 2.25.